The van der Waals surface area contributed by atoms with E-state index in [-0.39, 0.29) is 11.3 Å². The summed E-state index contributed by atoms with van der Waals surface area (Å²) in [5.41, 5.74) is 0.333. The quantitative estimate of drug-likeness (QED) is 0.611. The number of anilines is 1. The largest absolute Gasteiger partial charge is 0.490 e. The molecule has 0 radical (unpaired) electrons. The van der Waals surface area contributed by atoms with Crippen LogP contribution in [0, 0.1) is 28.5 Å². The molecule has 0 saturated carbocycles. The van der Waals surface area contributed by atoms with Crippen LogP contribution in [0.4, 0.5) is 10.1 Å². The zero-order valence-corrected chi connectivity index (χ0v) is 11.0. The van der Waals surface area contributed by atoms with E-state index in [1.54, 1.807) is 25.3 Å². The van der Waals surface area contributed by atoms with Crippen LogP contribution in [0.3, 0.4) is 0 Å². The summed E-state index contributed by atoms with van der Waals surface area (Å²) in [6, 6.07) is 7.70. The second kappa shape index (κ2) is 8.52. The highest BCUT2D eigenvalue weighted by molar-refractivity contribution is 5.51. The van der Waals surface area contributed by atoms with Crippen molar-refractivity contribution in [2.24, 2.45) is 0 Å². The van der Waals surface area contributed by atoms with Crippen LogP contribution in [0.1, 0.15) is 6.42 Å². The SMILES string of the molecule is COCCCOc1ccc(NC=C(C#N)C#N)cc1F. The van der Waals surface area contributed by atoms with E-state index in [1.165, 1.54) is 18.3 Å². The highest BCUT2D eigenvalue weighted by Gasteiger charge is 2.04. The second-order valence-corrected chi connectivity index (χ2v) is 3.77. The van der Waals surface area contributed by atoms with E-state index < -0.39 is 5.82 Å². The molecule has 0 aliphatic heterocycles. The molecule has 20 heavy (non-hydrogen) atoms. The Kier molecular flexibility index (Phi) is 6.60. The lowest BCUT2D eigenvalue weighted by Crippen LogP contribution is -2.03. The predicted octanol–water partition coefficient (Wildman–Crippen LogP) is 2.58. The number of hydrogen-bond acceptors (Lipinski definition) is 5. The molecular weight excluding hydrogens is 261 g/mol. The summed E-state index contributed by atoms with van der Waals surface area (Å²) in [5.74, 6) is -0.368. The topological polar surface area (TPSA) is 78.1 Å². The molecule has 0 aliphatic rings. The normalized spacial score (nSPS) is 9.20. The minimum Gasteiger partial charge on any atom is -0.490 e. The Hall–Kier alpha value is -2.57. The van der Waals surface area contributed by atoms with Crippen LogP contribution in [-0.2, 0) is 4.74 Å². The van der Waals surface area contributed by atoms with Crippen LogP contribution in [0.25, 0.3) is 0 Å². The van der Waals surface area contributed by atoms with Crippen LogP contribution >= 0.6 is 0 Å². The number of halogens is 1. The average Bonchev–Trinajstić information content (AvgIpc) is 2.46. The van der Waals surface area contributed by atoms with Crippen LogP contribution in [-0.4, -0.2) is 20.3 Å². The van der Waals surface area contributed by atoms with Crippen molar-refractivity contribution in [1.82, 2.24) is 0 Å². The van der Waals surface area contributed by atoms with Gasteiger partial charge in [0.25, 0.3) is 0 Å². The van der Waals surface area contributed by atoms with E-state index >= 15 is 0 Å². The Balaban J connectivity index is 2.62. The maximum Gasteiger partial charge on any atom is 0.167 e. The zero-order chi connectivity index (χ0) is 14.8. The second-order valence-electron chi connectivity index (χ2n) is 3.77. The van der Waals surface area contributed by atoms with Crippen molar-refractivity contribution < 1.29 is 13.9 Å². The Morgan fingerprint density at radius 2 is 2.10 bits per heavy atom. The molecule has 6 heteroatoms. The van der Waals surface area contributed by atoms with Gasteiger partial charge < -0.3 is 14.8 Å². The summed E-state index contributed by atoms with van der Waals surface area (Å²) in [6.07, 6.45) is 1.89. The maximum atomic E-state index is 13.7. The third-order valence-corrected chi connectivity index (χ3v) is 2.31. The highest BCUT2D eigenvalue weighted by atomic mass is 19.1. The molecule has 5 nitrogen and oxygen atoms in total. The van der Waals surface area contributed by atoms with Crippen LogP contribution in [0.15, 0.2) is 30.0 Å². The molecule has 104 valence electrons. The first kappa shape index (κ1) is 15.5. The summed E-state index contributed by atoms with van der Waals surface area (Å²) < 4.78 is 23.8. The number of methoxy groups -OCH3 is 1. The fourth-order valence-corrected chi connectivity index (χ4v) is 1.34. The van der Waals surface area contributed by atoms with E-state index in [0.717, 1.165) is 0 Å². The van der Waals surface area contributed by atoms with Gasteiger partial charge in [-0.3, -0.25) is 0 Å². The highest BCUT2D eigenvalue weighted by Crippen LogP contribution is 2.21. The number of nitrogens with zero attached hydrogens (tertiary/aromatic N) is 2. The van der Waals surface area contributed by atoms with E-state index in [9.17, 15) is 4.39 Å². The molecule has 0 unspecified atom stereocenters. The molecule has 1 rings (SSSR count). The Morgan fingerprint density at radius 1 is 1.35 bits per heavy atom. The number of hydrogen-bond donors (Lipinski definition) is 1. The van der Waals surface area contributed by atoms with Crippen molar-refractivity contribution >= 4 is 5.69 Å². The van der Waals surface area contributed by atoms with Gasteiger partial charge in [-0.2, -0.15) is 10.5 Å². The summed E-state index contributed by atoms with van der Waals surface area (Å²) in [5, 5.41) is 19.8. The fraction of sp³-hybridized carbons (Fsp3) is 0.286. The Morgan fingerprint density at radius 3 is 2.70 bits per heavy atom. The number of benzene rings is 1. The van der Waals surface area contributed by atoms with Crippen molar-refractivity contribution in [3.8, 4) is 17.9 Å². The Bertz CT molecular complexity index is 543. The molecule has 0 amide bonds. The predicted molar refractivity (Wildman–Crippen MR) is 71.3 cm³/mol. The summed E-state index contributed by atoms with van der Waals surface area (Å²) in [6.45, 7) is 0.918. The standard InChI is InChI=1S/C14H14FN3O2/c1-19-5-2-6-20-14-4-3-12(7-13(14)15)18-10-11(8-16)9-17/h3-4,7,10,18H,2,5-6H2,1H3. The molecule has 0 bridgehead atoms. The third-order valence-electron chi connectivity index (χ3n) is 2.31. The number of ether oxygens (including phenoxy) is 2. The lowest BCUT2D eigenvalue weighted by Gasteiger charge is -2.08. The molecule has 0 heterocycles. The number of allylic oxidation sites excluding steroid dienone is 1. The van der Waals surface area contributed by atoms with Gasteiger partial charge in [0.05, 0.1) is 6.61 Å². The number of nitrogens with one attached hydrogen (secondary N) is 1. The van der Waals surface area contributed by atoms with Crippen LogP contribution in [0.5, 0.6) is 5.75 Å². The van der Waals surface area contributed by atoms with Crippen molar-refractivity contribution in [2.45, 2.75) is 6.42 Å². The van der Waals surface area contributed by atoms with Gasteiger partial charge in [-0.15, -0.1) is 0 Å². The minimum atomic E-state index is -0.517. The fourth-order valence-electron chi connectivity index (χ4n) is 1.34. The minimum absolute atomic E-state index is 0.0923. The van der Waals surface area contributed by atoms with Crippen molar-refractivity contribution in [3.63, 3.8) is 0 Å². The first-order valence-corrected chi connectivity index (χ1v) is 5.89. The van der Waals surface area contributed by atoms with Gasteiger partial charge in [-0.1, -0.05) is 0 Å². The zero-order valence-electron chi connectivity index (χ0n) is 11.0. The monoisotopic (exact) mass is 275 g/mol. The van der Waals surface area contributed by atoms with Crippen LogP contribution < -0.4 is 10.1 Å². The summed E-state index contributed by atoms with van der Waals surface area (Å²) >= 11 is 0. The molecule has 0 aromatic heterocycles. The maximum absolute atomic E-state index is 13.7. The van der Waals surface area contributed by atoms with Gasteiger partial charge >= 0.3 is 0 Å². The van der Waals surface area contributed by atoms with Gasteiger partial charge in [0.2, 0.25) is 0 Å². The van der Waals surface area contributed by atoms with Gasteiger partial charge in [0.15, 0.2) is 11.6 Å². The molecule has 0 atom stereocenters. The average molecular weight is 275 g/mol. The van der Waals surface area contributed by atoms with Crippen LogP contribution in [0.2, 0.25) is 0 Å². The van der Waals surface area contributed by atoms with Gasteiger partial charge in [0, 0.05) is 38.1 Å². The first-order valence-electron chi connectivity index (χ1n) is 5.89. The molecule has 1 aromatic rings. The van der Waals surface area contributed by atoms with Gasteiger partial charge in [-0.05, 0) is 12.1 Å². The number of nitriles is 2. The van der Waals surface area contributed by atoms with E-state index in [4.69, 9.17) is 20.0 Å². The Labute approximate surface area is 116 Å². The van der Waals surface area contributed by atoms with E-state index in [0.29, 0.717) is 25.3 Å². The first-order chi connectivity index (χ1) is 9.71. The van der Waals surface area contributed by atoms with Crippen molar-refractivity contribution in [2.75, 3.05) is 25.6 Å². The van der Waals surface area contributed by atoms with E-state index in [1.807, 2.05) is 0 Å². The van der Waals surface area contributed by atoms with Gasteiger partial charge in [-0.25, -0.2) is 4.39 Å². The van der Waals surface area contributed by atoms with E-state index in [2.05, 4.69) is 5.32 Å². The summed E-state index contributed by atoms with van der Waals surface area (Å²) in [4.78, 5) is 0. The smallest absolute Gasteiger partial charge is 0.167 e. The lowest BCUT2D eigenvalue weighted by atomic mass is 10.3. The molecule has 1 aromatic carbocycles. The van der Waals surface area contributed by atoms with Gasteiger partial charge in [0.1, 0.15) is 17.7 Å². The third kappa shape index (κ3) is 4.97. The summed E-state index contributed by atoms with van der Waals surface area (Å²) in [7, 11) is 1.59. The number of rotatable bonds is 7. The molecule has 1 N–H and O–H groups in total. The molecule has 0 aliphatic carbocycles. The van der Waals surface area contributed by atoms with Crippen molar-refractivity contribution in [1.29, 1.82) is 10.5 Å². The molecule has 0 spiro atoms. The molecule has 0 fully saturated rings. The van der Waals surface area contributed by atoms with Crippen molar-refractivity contribution in [3.05, 3.63) is 35.8 Å². The lowest BCUT2D eigenvalue weighted by molar-refractivity contribution is 0.170. The molecule has 0 saturated heterocycles. The molecular formula is C14H14FN3O2.